The van der Waals surface area contributed by atoms with Crippen molar-refractivity contribution in [3.8, 4) is 0 Å². The monoisotopic (exact) mass is 303 g/mol. The predicted octanol–water partition coefficient (Wildman–Crippen LogP) is 2.38. The summed E-state index contributed by atoms with van der Waals surface area (Å²) in [7, 11) is 0. The fourth-order valence-corrected chi connectivity index (χ4v) is 3.28. The van der Waals surface area contributed by atoms with Crippen molar-refractivity contribution in [2.45, 2.75) is 32.4 Å². The Morgan fingerprint density at radius 3 is 3.09 bits per heavy atom. The van der Waals surface area contributed by atoms with Crippen LogP contribution in [0.3, 0.4) is 0 Å². The first kappa shape index (κ1) is 15.0. The molecule has 0 aliphatic carbocycles. The fraction of sp³-hybridized carbons (Fsp3) is 0.471. The number of amides is 1. The van der Waals surface area contributed by atoms with Crippen molar-refractivity contribution < 1.29 is 9.18 Å². The molecule has 3 rings (SSSR count). The number of nitrogens with zero attached hydrogens (tertiary/aromatic N) is 2. The minimum absolute atomic E-state index is 0.0234. The van der Waals surface area contributed by atoms with Crippen molar-refractivity contribution in [1.29, 1.82) is 0 Å². The Morgan fingerprint density at radius 1 is 1.41 bits per heavy atom. The molecule has 118 valence electrons. The molecule has 1 atom stereocenters. The lowest BCUT2D eigenvalue weighted by molar-refractivity contribution is -0.121. The first-order valence-corrected chi connectivity index (χ1v) is 7.92. The van der Waals surface area contributed by atoms with Crippen LogP contribution in [0.2, 0.25) is 0 Å². The Hall–Kier alpha value is -1.88. The number of aromatic nitrogens is 1. The Morgan fingerprint density at radius 2 is 2.27 bits per heavy atom. The first-order chi connectivity index (χ1) is 10.7. The zero-order chi connectivity index (χ0) is 15.5. The molecule has 1 amide bonds. The zero-order valence-corrected chi connectivity index (χ0v) is 12.9. The summed E-state index contributed by atoms with van der Waals surface area (Å²) < 4.78 is 15.1. The molecular formula is C17H22FN3O. The Kier molecular flexibility index (Phi) is 4.43. The minimum Gasteiger partial charge on any atom is -0.353 e. The molecule has 0 unspecified atom stereocenters. The molecule has 2 heterocycles. The van der Waals surface area contributed by atoms with Crippen molar-refractivity contribution in [3.05, 3.63) is 36.3 Å². The van der Waals surface area contributed by atoms with E-state index in [0.29, 0.717) is 12.6 Å². The summed E-state index contributed by atoms with van der Waals surface area (Å²) in [6.07, 6.45) is 4.18. The summed E-state index contributed by atoms with van der Waals surface area (Å²) in [5.74, 6) is -0.304. The lowest BCUT2D eigenvalue weighted by atomic mass is 10.2. The number of likely N-dealkylation sites (tertiary alicyclic amines) is 1. The highest BCUT2D eigenvalue weighted by molar-refractivity contribution is 5.83. The standard InChI is InChI=1S/C17H22FN3O/c1-2-20-8-3-4-15(20)11-19-17(22)12-21-9-7-13-5-6-14(18)10-16(13)21/h5-7,9-10,15H,2-4,8,11-12H2,1H3,(H,19,22)/t15-/m0/s1. The van der Waals surface area contributed by atoms with Gasteiger partial charge in [-0.05, 0) is 55.6 Å². The second-order valence-electron chi connectivity index (χ2n) is 5.88. The summed E-state index contributed by atoms with van der Waals surface area (Å²) in [5, 5.41) is 3.96. The predicted molar refractivity (Wildman–Crippen MR) is 85.2 cm³/mol. The van der Waals surface area contributed by atoms with Crippen molar-refractivity contribution in [2.75, 3.05) is 19.6 Å². The van der Waals surface area contributed by atoms with Crippen molar-refractivity contribution in [1.82, 2.24) is 14.8 Å². The normalized spacial score (nSPS) is 18.9. The molecule has 1 fully saturated rings. The maximum absolute atomic E-state index is 13.3. The summed E-state index contributed by atoms with van der Waals surface area (Å²) in [4.78, 5) is 14.6. The highest BCUT2D eigenvalue weighted by Crippen LogP contribution is 2.17. The van der Waals surface area contributed by atoms with E-state index in [9.17, 15) is 9.18 Å². The number of nitrogens with one attached hydrogen (secondary N) is 1. The van der Waals surface area contributed by atoms with Crippen LogP contribution in [-0.4, -0.2) is 41.1 Å². The smallest absolute Gasteiger partial charge is 0.239 e. The van der Waals surface area contributed by atoms with Gasteiger partial charge < -0.3 is 9.88 Å². The molecule has 1 aromatic heterocycles. The zero-order valence-electron chi connectivity index (χ0n) is 12.9. The van der Waals surface area contributed by atoms with Gasteiger partial charge in [0.05, 0.1) is 5.52 Å². The van der Waals surface area contributed by atoms with Gasteiger partial charge in [-0.25, -0.2) is 4.39 Å². The van der Waals surface area contributed by atoms with Gasteiger partial charge in [-0.2, -0.15) is 0 Å². The first-order valence-electron chi connectivity index (χ1n) is 7.92. The van der Waals surface area contributed by atoms with Crippen molar-refractivity contribution in [3.63, 3.8) is 0 Å². The molecule has 22 heavy (non-hydrogen) atoms. The Balaban J connectivity index is 1.60. The van der Waals surface area contributed by atoms with E-state index in [0.717, 1.165) is 30.4 Å². The molecule has 0 spiro atoms. The van der Waals surface area contributed by atoms with E-state index < -0.39 is 0 Å². The van der Waals surface area contributed by atoms with Crippen LogP contribution in [0.4, 0.5) is 4.39 Å². The third-order valence-electron chi connectivity index (χ3n) is 4.49. The number of rotatable bonds is 5. The third kappa shape index (κ3) is 3.14. The minimum atomic E-state index is -0.280. The highest BCUT2D eigenvalue weighted by Gasteiger charge is 2.23. The molecular weight excluding hydrogens is 281 g/mol. The van der Waals surface area contributed by atoms with Crippen LogP contribution >= 0.6 is 0 Å². The highest BCUT2D eigenvalue weighted by atomic mass is 19.1. The van der Waals surface area contributed by atoms with Gasteiger partial charge >= 0.3 is 0 Å². The topological polar surface area (TPSA) is 37.3 Å². The van der Waals surface area contributed by atoms with Crippen LogP contribution in [0.5, 0.6) is 0 Å². The molecule has 2 aromatic rings. The number of carbonyl (C=O) groups is 1. The molecule has 5 heteroatoms. The number of carbonyl (C=O) groups excluding carboxylic acids is 1. The summed E-state index contributed by atoms with van der Waals surface area (Å²) >= 11 is 0. The number of hydrogen-bond donors (Lipinski definition) is 1. The average Bonchev–Trinajstić information content (AvgIpc) is 3.12. The summed E-state index contributed by atoms with van der Waals surface area (Å²) in [5.41, 5.74) is 0.756. The Labute approximate surface area is 129 Å². The van der Waals surface area contributed by atoms with Gasteiger partial charge in [-0.3, -0.25) is 9.69 Å². The molecule has 0 bridgehead atoms. The largest absolute Gasteiger partial charge is 0.353 e. The molecule has 1 N–H and O–H groups in total. The molecule has 1 aliphatic rings. The fourth-order valence-electron chi connectivity index (χ4n) is 3.28. The molecule has 4 nitrogen and oxygen atoms in total. The molecule has 0 radical (unpaired) electrons. The Bertz CT molecular complexity index is 667. The quantitative estimate of drug-likeness (QED) is 0.921. The van der Waals surface area contributed by atoms with Gasteiger partial charge in [0, 0.05) is 18.8 Å². The number of fused-ring (bicyclic) bond motifs is 1. The van der Waals surface area contributed by atoms with E-state index in [4.69, 9.17) is 0 Å². The van der Waals surface area contributed by atoms with Crippen LogP contribution in [0.1, 0.15) is 19.8 Å². The maximum atomic E-state index is 13.3. The molecule has 0 saturated carbocycles. The van der Waals surface area contributed by atoms with Crippen LogP contribution in [-0.2, 0) is 11.3 Å². The van der Waals surface area contributed by atoms with E-state index >= 15 is 0 Å². The van der Waals surface area contributed by atoms with Crippen molar-refractivity contribution in [2.24, 2.45) is 0 Å². The summed E-state index contributed by atoms with van der Waals surface area (Å²) in [6, 6.07) is 6.99. The van der Waals surface area contributed by atoms with Gasteiger partial charge in [0.2, 0.25) is 5.91 Å². The number of benzene rings is 1. The van der Waals surface area contributed by atoms with Gasteiger partial charge in [-0.1, -0.05) is 6.92 Å². The van der Waals surface area contributed by atoms with Crippen LogP contribution in [0, 0.1) is 5.82 Å². The van der Waals surface area contributed by atoms with Gasteiger partial charge in [0.25, 0.3) is 0 Å². The number of hydrogen-bond acceptors (Lipinski definition) is 2. The van der Waals surface area contributed by atoms with Crippen LogP contribution in [0.25, 0.3) is 10.9 Å². The van der Waals surface area contributed by atoms with E-state index in [1.807, 2.05) is 12.3 Å². The van der Waals surface area contributed by atoms with Gasteiger partial charge in [0.1, 0.15) is 12.4 Å². The maximum Gasteiger partial charge on any atom is 0.239 e. The van der Waals surface area contributed by atoms with Crippen LogP contribution in [0.15, 0.2) is 30.5 Å². The van der Waals surface area contributed by atoms with Gasteiger partial charge in [0.15, 0.2) is 0 Å². The van der Waals surface area contributed by atoms with E-state index in [2.05, 4.69) is 17.1 Å². The second kappa shape index (κ2) is 6.48. The van der Waals surface area contributed by atoms with Crippen molar-refractivity contribution >= 4 is 16.8 Å². The van der Waals surface area contributed by atoms with E-state index in [1.54, 1.807) is 10.6 Å². The summed E-state index contributed by atoms with van der Waals surface area (Å²) in [6.45, 7) is 5.23. The number of halogens is 1. The number of likely N-dealkylation sites (N-methyl/N-ethyl adjacent to an activating group) is 1. The van der Waals surface area contributed by atoms with E-state index in [-0.39, 0.29) is 18.3 Å². The van der Waals surface area contributed by atoms with Gasteiger partial charge in [-0.15, -0.1) is 0 Å². The average molecular weight is 303 g/mol. The third-order valence-corrected chi connectivity index (χ3v) is 4.49. The second-order valence-corrected chi connectivity index (χ2v) is 5.88. The SMILES string of the molecule is CCN1CCC[C@H]1CNC(=O)Cn1ccc2ccc(F)cc21. The molecule has 1 aliphatic heterocycles. The lowest BCUT2D eigenvalue weighted by Crippen LogP contribution is -2.40. The lowest BCUT2D eigenvalue weighted by Gasteiger charge is -2.22. The van der Waals surface area contributed by atoms with E-state index in [1.165, 1.54) is 18.6 Å². The van der Waals surface area contributed by atoms with Crippen LogP contribution < -0.4 is 5.32 Å². The molecule has 1 aromatic carbocycles. The molecule has 1 saturated heterocycles.